The van der Waals surface area contributed by atoms with Gasteiger partial charge in [0.05, 0.1) is 6.54 Å². The van der Waals surface area contributed by atoms with Crippen LogP contribution in [0.5, 0.6) is 5.75 Å². The second-order valence-electron chi connectivity index (χ2n) is 7.16. The van der Waals surface area contributed by atoms with Gasteiger partial charge in [-0.3, -0.25) is 9.59 Å². The molecule has 0 saturated carbocycles. The molecule has 6 heteroatoms. The average Bonchev–Trinajstić information content (AvgIpc) is 2.70. The summed E-state index contributed by atoms with van der Waals surface area (Å²) in [6.07, 6.45) is 1.18. The summed E-state index contributed by atoms with van der Waals surface area (Å²) < 4.78 is 5.54. The van der Waals surface area contributed by atoms with E-state index < -0.39 is 0 Å². The van der Waals surface area contributed by atoms with Crippen molar-refractivity contribution in [2.24, 2.45) is 0 Å². The molecule has 0 heterocycles. The fourth-order valence-electron chi connectivity index (χ4n) is 2.49. The maximum atomic E-state index is 12.1. The van der Waals surface area contributed by atoms with E-state index in [9.17, 15) is 9.59 Å². The van der Waals surface area contributed by atoms with Crippen molar-refractivity contribution in [3.63, 3.8) is 0 Å². The van der Waals surface area contributed by atoms with Crippen molar-refractivity contribution in [2.45, 2.75) is 19.8 Å². The van der Waals surface area contributed by atoms with E-state index in [0.29, 0.717) is 25.1 Å². The predicted octanol–water partition coefficient (Wildman–Crippen LogP) is 3.71. The van der Waals surface area contributed by atoms with Gasteiger partial charge in [0.2, 0.25) is 11.8 Å². The third-order valence-electron chi connectivity index (χ3n) is 4.16. The number of carbonyl (C=O) groups excluding carboxylic acids is 2. The average molecular weight is 396 g/mol. The highest BCUT2D eigenvalue weighted by Gasteiger charge is 2.06. The predicted molar refractivity (Wildman–Crippen MR) is 117 cm³/mol. The lowest BCUT2D eigenvalue weighted by atomic mass is 10.1. The molecule has 0 aliphatic rings. The highest BCUT2D eigenvalue weighted by molar-refractivity contribution is 5.93. The van der Waals surface area contributed by atoms with Gasteiger partial charge in [-0.15, -0.1) is 0 Å². The molecule has 0 spiro atoms. The van der Waals surface area contributed by atoms with Crippen LogP contribution in [0, 0.1) is 0 Å². The molecule has 0 aliphatic heterocycles. The smallest absolute Gasteiger partial charge is 0.243 e. The molecule has 2 aromatic rings. The summed E-state index contributed by atoms with van der Waals surface area (Å²) in [5.74, 6) is 0.706. The van der Waals surface area contributed by atoms with Crippen LogP contribution in [-0.4, -0.2) is 44.0 Å². The molecule has 0 aromatic heterocycles. The molecule has 29 heavy (non-hydrogen) atoms. The van der Waals surface area contributed by atoms with Crippen LogP contribution in [0.1, 0.15) is 18.9 Å². The molecule has 0 fully saturated rings. The molecular weight excluding hydrogens is 366 g/mol. The van der Waals surface area contributed by atoms with E-state index in [1.54, 1.807) is 31.1 Å². The van der Waals surface area contributed by atoms with Gasteiger partial charge in [0, 0.05) is 31.9 Å². The number of ether oxygens (including phenoxy) is 1. The van der Waals surface area contributed by atoms with Gasteiger partial charge in [-0.25, -0.2) is 0 Å². The molecule has 2 aromatic carbocycles. The molecular formula is C23H29N3O3. The fraction of sp³-hybridized carbons (Fsp3) is 0.304. The first-order valence-corrected chi connectivity index (χ1v) is 9.53. The minimum absolute atomic E-state index is 0.110. The monoisotopic (exact) mass is 395 g/mol. The zero-order valence-corrected chi connectivity index (χ0v) is 17.3. The number of nitrogens with one attached hydrogen (secondary N) is 2. The van der Waals surface area contributed by atoms with Crippen LogP contribution in [0.4, 0.5) is 11.4 Å². The van der Waals surface area contributed by atoms with Gasteiger partial charge < -0.3 is 20.3 Å². The van der Waals surface area contributed by atoms with Crippen LogP contribution in [0.2, 0.25) is 0 Å². The van der Waals surface area contributed by atoms with E-state index in [-0.39, 0.29) is 18.4 Å². The molecule has 0 atom stereocenters. The number of carbonyl (C=O) groups is 2. The van der Waals surface area contributed by atoms with Crippen molar-refractivity contribution >= 4 is 23.2 Å². The Labute approximate surface area is 172 Å². The minimum Gasteiger partial charge on any atom is -0.489 e. The van der Waals surface area contributed by atoms with Crippen molar-refractivity contribution < 1.29 is 14.3 Å². The third-order valence-corrected chi connectivity index (χ3v) is 4.16. The number of anilines is 2. The van der Waals surface area contributed by atoms with E-state index in [2.05, 4.69) is 17.2 Å². The van der Waals surface area contributed by atoms with Gasteiger partial charge in [0.1, 0.15) is 12.4 Å². The molecule has 0 saturated heterocycles. The highest BCUT2D eigenvalue weighted by atomic mass is 16.5. The Morgan fingerprint density at radius 2 is 1.62 bits per heavy atom. The first kappa shape index (κ1) is 22.0. The Morgan fingerprint density at radius 3 is 2.21 bits per heavy atom. The van der Waals surface area contributed by atoms with Crippen LogP contribution < -0.4 is 15.4 Å². The second kappa shape index (κ2) is 10.9. The second-order valence-corrected chi connectivity index (χ2v) is 7.16. The third kappa shape index (κ3) is 8.09. The summed E-state index contributed by atoms with van der Waals surface area (Å²) in [5.41, 5.74) is 3.60. The topological polar surface area (TPSA) is 70.7 Å². The summed E-state index contributed by atoms with van der Waals surface area (Å²) in [4.78, 5) is 25.4. The number of nitrogens with zero attached hydrogens (tertiary/aromatic N) is 1. The number of benzene rings is 2. The first-order chi connectivity index (χ1) is 13.8. The summed E-state index contributed by atoms with van der Waals surface area (Å²) >= 11 is 0. The lowest BCUT2D eigenvalue weighted by Gasteiger charge is -2.11. The lowest BCUT2D eigenvalue weighted by molar-refractivity contribution is -0.128. The highest BCUT2D eigenvalue weighted by Crippen LogP contribution is 2.16. The van der Waals surface area contributed by atoms with E-state index >= 15 is 0 Å². The molecule has 0 unspecified atom stereocenters. The SMILES string of the molecule is C=C(C)COc1ccc(NC(=O)CNc2ccc(CCC(=O)N(C)C)cc2)cc1. The molecule has 2 amide bonds. The molecule has 0 aliphatic carbocycles. The molecule has 154 valence electrons. The van der Waals surface area contributed by atoms with Crippen LogP contribution in [0.25, 0.3) is 0 Å². The Balaban J connectivity index is 1.75. The summed E-state index contributed by atoms with van der Waals surface area (Å²) in [6.45, 7) is 6.33. The number of hydrogen-bond acceptors (Lipinski definition) is 4. The van der Waals surface area contributed by atoms with Gasteiger partial charge in [-0.05, 0) is 60.9 Å². The minimum atomic E-state index is -0.138. The first-order valence-electron chi connectivity index (χ1n) is 9.53. The number of aryl methyl sites for hydroxylation is 1. The molecule has 6 nitrogen and oxygen atoms in total. The summed E-state index contributed by atoms with van der Waals surface area (Å²) in [6, 6.07) is 15.0. The van der Waals surface area contributed by atoms with E-state index in [1.165, 1.54) is 0 Å². The summed E-state index contributed by atoms with van der Waals surface area (Å²) in [7, 11) is 3.51. The van der Waals surface area contributed by atoms with Gasteiger partial charge in [0.25, 0.3) is 0 Å². The van der Waals surface area contributed by atoms with Gasteiger partial charge in [-0.1, -0.05) is 18.7 Å². The van der Waals surface area contributed by atoms with Crippen molar-refractivity contribution in [1.29, 1.82) is 0 Å². The van der Waals surface area contributed by atoms with Crippen molar-refractivity contribution in [2.75, 3.05) is 37.9 Å². The maximum Gasteiger partial charge on any atom is 0.243 e. The zero-order chi connectivity index (χ0) is 21.2. The van der Waals surface area contributed by atoms with Gasteiger partial charge in [-0.2, -0.15) is 0 Å². The Bertz CT molecular complexity index is 827. The standard InChI is InChI=1S/C23H29N3O3/c1-17(2)16-29-21-12-10-20(11-13-21)25-22(27)15-24-19-8-5-18(6-9-19)7-14-23(28)26(3)4/h5-6,8-13,24H,1,7,14-16H2,2-4H3,(H,25,27). The van der Waals surface area contributed by atoms with Crippen molar-refractivity contribution in [3.05, 3.63) is 66.2 Å². The zero-order valence-electron chi connectivity index (χ0n) is 17.3. The fourth-order valence-corrected chi connectivity index (χ4v) is 2.49. The number of hydrogen-bond donors (Lipinski definition) is 2. The normalized spacial score (nSPS) is 10.2. The van der Waals surface area contributed by atoms with Gasteiger partial charge in [0.15, 0.2) is 0 Å². The van der Waals surface area contributed by atoms with E-state index in [4.69, 9.17) is 4.74 Å². The van der Waals surface area contributed by atoms with Crippen LogP contribution in [0.15, 0.2) is 60.7 Å². The van der Waals surface area contributed by atoms with Crippen molar-refractivity contribution in [3.8, 4) is 5.75 Å². The van der Waals surface area contributed by atoms with E-state index in [0.717, 1.165) is 22.6 Å². The number of amides is 2. The Morgan fingerprint density at radius 1 is 1.00 bits per heavy atom. The largest absolute Gasteiger partial charge is 0.489 e. The Kier molecular flexibility index (Phi) is 8.27. The van der Waals surface area contributed by atoms with Crippen LogP contribution in [-0.2, 0) is 16.0 Å². The molecule has 2 rings (SSSR count). The van der Waals surface area contributed by atoms with Gasteiger partial charge >= 0.3 is 0 Å². The number of rotatable bonds is 10. The quantitative estimate of drug-likeness (QED) is 0.602. The molecule has 2 N–H and O–H groups in total. The van der Waals surface area contributed by atoms with E-state index in [1.807, 2.05) is 43.3 Å². The summed E-state index contributed by atoms with van der Waals surface area (Å²) in [5, 5.41) is 5.94. The van der Waals surface area contributed by atoms with Crippen LogP contribution in [0.3, 0.4) is 0 Å². The Hall–Kier alpha value is -3.28. The molecule has 0 bridgehead atoms. The van der Waals surface area contributed by atoms with Crippen molar-refractivity contribution in [1.82, 2.24) is 4.90 Å². The maximum absolute atomic E-state index is 12.1. The van der Waals surface area contributed by atoms with Crippen LogP contribution >= 0.6 is 0 Å². The molecule has 0 radical (unpaired) electrons. The lowest BCUT2D eigenvalue weighted by Crippen LogP contribution is -2.22.